The largest absolute Gasteiger partial charge is 0.496 e. The van der Waals surface area contributed by atoms with E-state index in [9.17, 15) is 4.79 Å². The van der Waals surface area contributed by atoms with Gasteiger partial charge in [0.1, 0.15) is 18.9 Å². The molecule has 0 unspecified atom stereocenters. The fourth-order valence-corrected chi connectivity index (χ4v) is 2.01. The average molecular weight is 290 g/mol. The first-order chi connectivity index (χ1) is 10.0. The predicted molar refractivity (Wildman–Crippen MR) is 76.7 cm³/mol. The van der Waals surface area contributed by atoms with Gasteiger partial charge in [0.15, 0.2) is 0 Å². The first kappa shape index (κ1) is 14.8. The molecular weight excluding hydrogens is 272 g/mol. The number of aryl methyl sites for hydroxylation is 1. The lowest BCUT2D eigenvalue weighted by Gasteiger charge is -2.12. The molecular formula is C14H18N4O3. The van der Waals surface area contributed by atoms with E-state index in [0.29, 0.717) is 11.4 Å². The maximum absolute atomic E-state index is 11.7. The Labute approximate surface area is 122 Å². The smallest absolute Gasteiger partial charge is 0.328 e. The minimum absolute atomic E-state index is 0.0131. The second-order valence-corrected chi connectivity index (χ2v) is 4.68. The highest BCUT2D eigenvalue weighted by atomic mass is 16.5. The lowest BCUT2D eigenvalue weighted by molar-refractivity contribution is -0.146. The molecule has 2 heterocycles. The van der Waals surface area contributed by atoms with Gasteiger partial charge in [0.25, 0.3) is 0 Å². The number of nitrogen functional groups attached to an aromatic ring is 1. The lowest BCUT2D eigenvalue weighted by atomic mass is 10.1. The standard InChI is InChI=1S/C14H18N4O3/c1-9-4-16-12(10(2)14(9)20-3)8-21-13(19)7-18-6-11(15)5-17-18/h4-6H,7-8,15H2,1-3H3. The summed E-state index contributed by atoms with van der Waals surface area (Å²) in [5.74, 6) is 0.356. The van der Waals surface area contributed by atoms with Gasteiger partial charge < -0.3 is 15.2 Å². The number of methoxy groups -OCH3 is 1. The van der Waals surface area contributed by atoms with E-state index in [1.165, 1.54) is 10.9 Å². The van der Waals surface area contributed by atoms with Crippen LogP contribution < -0.4 is 10.5 Å². The van der Waals surface area contributed by atoms with Gasteiger partial charge in [0, 0.05) is 23.5 Å². The van der Waals surface area contributed by atoms with Gasteiger partial charge in [-0.3, -0.25) is 14.5 Å². The number of ether oxygens (including phenoxy) is 2. The van der Waals surface area contributed by atoms with Crippen LogP contribution in [0.4, 0.5) is 5.69 Å². The van der Waals surface area contributed by atoms with Crippen LogP contribution in [0.1, 0.15) is 16.8 Å². The Hall–Kier alpha value is -2.57. The van der Waals surface area contributed by atoms with Gasteiger partial charge in [-0.15, -0.1) is 0 Å². The number of nitrogens with zero attached hydrogens (tertiary/aromatic N) is 3. The first-order valence-electron chi connectivity index (χ1n) is 6.44. The predicted octanol–water partition coefficient (Wildman–Crippen LogP) is 1.23. The topological polar surface area (TPSA) is 92.3 Å². The Balaban J connectivity index is 1.98. The van der Waals surface area contributed by atoms with Crippen LogP contribution in [0.3, 0.4) is 0 Å². The zero-order chi connectivity index (χ0) is 15.4. The van der Waals surface area contributed by atoms with Crippen LogP contribution in [0.25, 0.3) is 0 Å². The van der Waals surface area contributed by atoms with Crippen molar-refractivity contribution in [2.45, 2.75) is 27.0 Å². The summed E-state index contributed by atoms with van der Waals surface area (Å²) in [5, 5.41) is 3.92. The summed E-state index contributed by atoms with van der Waals surface area (Å²) in [7, 11) is 1.60. The number of hydrogen-bond donors (Lipinski definition) is 1. The minimum atomic E-state index is -0.404. The molecule has 0 saturated heterocycles. The van der Waals surface area contributed by atoms with Gasteiger partial charge in [-0.25, -0.2) is 0 Å². The molecule has 21 heavy (non-hydrogen) atoms. The van der Waals surface area contributed by atoms with E-state index in [1.807, 2.05) is 13.8 Å². The van der Waals surface area contributed by atoms with E-state index >= 15 is 0 Å². The molecule has 2 aromatic rings. The summed E-state index contributed by atoms with van der Waals surface area (Å²) in [5.41, 5.74) is 8.51. The van der Waals surface area contributed by atoms with Crippen molar-refractivity contribution in [3.8, 4) is 5.75 Å². The Morgan fingerprint density at radius 1 is 1.38 bits per heavy atom. The Morgan fingerprint density at radius 3 is 2.76 bits per heavy atom. The number of nitrogens with two attached hydrogens (primary N) is 1. The highest BCUT2D eigenvalue weighted by Gasteiger charge is 2.12. The van der Waals surface area contributed by atoms with E-state index < -0.39 is 5.97 Å². The molecule has 0 radical (unpaired) electrons. The van der Waals surface area contributed by atoms with Crippen molar-refractivity contribution in [1.29, 1.82) is 0 Å². The molecule has 0 aliphatic rings. The van der Waals surface area contributed by atoms with E-state index in [0.717, 1.165) is 16.9 Å². The number of esters is 1. The van der Waals surface area contributed by atoms with Crippen molar-refractivity contribution < 1.29 is 14.3 Å². The third-order valence-electron chi connectivity index (χ3n) is 3.06. The fourth-order valence-electron chi connectivity index (χ4n) is 2.01. The molecule has 0 amide bonds. The van der Waals surface area contributed by atoms with Crippen molar-refractivity contribution in [2.75, 3.05) is 12.8 Å². The van der Waals surface area contributed by atoms with E-state index in [2.05, 4.69) is 10.1 Å². The van der Waals surface area contributed by atoms with Crippen molar-refractivity contribution in [1.82, 2.24) is 14.8 Å². The second-order valence-electron chi connectivity index (χ2n) is 4.68. The maximum atomic E-state index is 11.7. The maximum Gasteiger partial charge on any atom is 0.328 e. The van der Waals surface area contributed by atoms with Crippen molar-refractivity contribution in [3.05, 3.63) is 35.4 Å². The molecule has 0 saturated carbocycles. The molecule has 0 atom stereocenters. The van der Waals surface area contributed by atoms with Crippen LogP contribution in [-0.2, 0) is 22.7 Å². The molecule has 112 valence electrons. The lowest BCUT2D eigenvalue weighted by Crippen LogP contribution is -2.14. The summed E-state index contributed by atoms with van der Waals surface area (Å²) in [6, 6.07) is 0. The third kappa shape index (κ3) is 3.50. The van der Waals surface area contributed by atoms with Crippen molar-refractivity contribution >= 4 is 11.7 Å². The quantitative estimate of drug-likeness (QED) is 0.833. The van der Waals surface area contributed by atoms with E-state index in [-0.39, 0.29) is 13.2 Å². The van der Waals surface area contributed by atoms with Gasteiger partial charge in [-0.1, -0.05) is 0 Å². The highest BCUT2D eigenvalue weighted by molar-refractivity contribution is 5.69. The molecule has 2 aromatic heterocycles. The molecule has 7 nitrogen and oxygen atoms in total. The third-order valence-corrected chi connectivity index (χ3v) is 3.06. The monoisotopic (exact) mass is 290 g/mol. The number of carbonyl (C=O) groups excluding carboxylic acids is 1. The number of anilines is 1. The number of pyridine rings is 1. The molecule has 0 bridgehead atoms. The van der Waals surface area contributed by atoms with Gasteiger partial charge in [-0.05, 0) is 13.8 Å². The highest BCUT2D eigenvalue weighted by Crippen LogP contribution is 2.24. The van der Waals surface area contributed by atoms with Crippen LogP contribution in [0.5, 0.6) is 5.75 Å². The van der Waals surface area contributed by atoms with Crippen LogP contribution in [-0.4, -0.2) is 27.8 Å². The summed E-state index contributed by atoms with van der Waals surface area (Å²) < 4.78 is 11.9. The zero-order valence-corrected chi connectivity index (χ0v) is 12.3. The fraction of sp³-hybridized carbons (Fsp3) is 0.357. The summed E-state index contributed by atoms with van der Waals surface area (Å²) in [6.07, 6.45) is 4.74. The number of rotatable bonds is 5. The summed E-state index contributed by atoms with van der Waals surface area (Å²) in [6.45, 7) is 3.91. The Kier molecular flexibility index (Phi) is 4.42. The van der Waals surface area contributed by atoms with Gasteiger partial charge in [0.2, 0.25) is 0 Å². The molecule has 0 fully saturated rings. The SMILES string of the molecule is COc1c(C)cnc(COC(=O)Cn2cc(N)cn2)c1C. The molecule has 0 aromatic carbocycles. The summed E-state index contributed by atoms with van der Waals surface area (Å²) >= 11 is 0. The van der Waals surface area contributed by atoms with Crippen LogP contribution in [0.2, 0.25) is 0 Å². The van der Waals surface area contributed by atoms with Gasteiger partial charge in [0.05, 0.1) is 24.7 Å². The second kappa shape index (κ2) is 6.25. The molecule has 7 heteroatoms. The normalized spacial score (nSPS) is 10.4. The first-order valence-corrected chi connectivity index (χ1v) is 6.44. The Morgan fingerprint density at radius 2 is 2.14 bits per heavy atom. The molecule has 2 rings (SSSR count). The molecule has 0 aliphatic heterocycles. The van der Waals surface area contributed by atoms with Crippen LogP contribution >= 0.6 is 0 Å². The zero-order valence-electron chi connectivity index (χ0n) is 12.3. The molecule has 2 N–H and O–H groups in total. The van der Waals surface area contributed by atoms with Gasteiger partial charge >= 0.3 is 5.97 Å². The van der Waals surface area contributed by atoms with Gasteiger partial charge in [-0.2, -0.15) is 5.10 Å². The average Bonchev–Trinajstić information content (AvgIpc) is 2.84. The van der Waals surface area contributed by atoms with Crippen LogP contribution in [0, 0.1) is 13.8 Å². The number of aromatic nitrogens is 3. The van der Waals surface area contributed by atoms with Crippen molar-refractivity contribution in [2.24, 2.45) is 0 Å². The Bertz CT molecular complexity index is 652. The van der Waals surface area contributed by atoms with E-state index in [1.54, 1.807) is 19.5 Å². The minimum Gasteiger partial charge on any atom is -0.496 e. The molecule has 0 aliphatic carbocycles. The summed E-state index contributed by atoms with van der Waals surface area (Å²) in [4.78, 5) is 16.0. The molecule has 0 spiro atoms. The van der Waals surface area contributed by atoms with Crippen LogP contribution in [0.15, 0.2) is 18.6 Å². The number of hydrogen-bond acceptors (Lipinski definition) is 6. The van der Waals surface area contributed by atoms with E-state index in [4.69, 9.17) is 15.2 Å². The van der Waals surface area contributed by atoms with Crippen molar-refractivity contribution in [3.63, 3.8) is 0 Å². The number of carbonyl (C=O) groups is 1.